The minimum absolute atomic E-state index is 0.0659. The maximum absolute atomic E-state index is 5.93. The van der Waals surface area contributed by atoms with Crippen molar-refractivity contribution in [3.05, 3.63) is 34.9 Å². The van der Waals surface area contributed by atoms with E-state index < -0.39 is 0 Å². The predicted molar refractivity (Wildman–Crippen MR) is 70.0 cm³/mol. The molecule has 1 saturated heterocycles. The molecule has 3 N–H and O–H groups in total. The van der Waals surface area contributed by atoms with Gasteiger partial charge in [-0.2, -0.15) is 0 Å². The van der Waals surface area contributed by atoms with Gasteiger partial charge in [-0.05, 0) is 37.6 Å². The highest BCUT2D eigenvalue weighted by molar-refractivity contribution is 5.33. The van der Waals surface area contributed by atoms with Crippen LogP contribution in [0.25, 0.3) is 0 Å². The molecule has 0 bridgehead atoms. The summed E-state index contributed by atoms with van der Waals surface area (Å²) in [6.45, 7) is 6.45. The Morgan fingerprint density at radius 3 is 2.47 bits per heavy atom. The van der Waals surface area contributed by atoms with Gasteiger partial charge >= 0.3 is 0 Å². The number of nitrogens with two attached hydrogens (primary N) is 1. The Labute approximate surface area is 103 Å². The zero-order chi connectivity index (χ0) is 12.5. The van der Waals surface area contributed by atoms with Gasteiger partial charge in [0, 0.05) is 18.0 Å². The second-order valence-electron chi connectivity index (χ2n) is 5.12. The predicted octanol–water partition coefficient (Wildman–Crippen LogP) is 1.54. The van der Waals surface area contributed by atoms with Crippen molar-refractivity contribution in [3.63, 3.8) is 0 Å². The van der Waals surface area contributed by atoms with Gasteiger partial charge in [0.2, 0.25) is 0 Å². The van der Waals surface area contributed by atoms with Gasteiger partial charge in [0.25, 0.3) is 0 Å². The van der Waals surface area contributed by atoms with Crippen molar-refractivity contribution in [2.75, 3.05) is 26.8 Å². The molecule has 0 radical (unpaired) electrons. The highest BCUT2D eigenvalue weighted by Crippen LogP contribution is 2.39. The van der Waals surface area contributed by atoms with Crippen LogP contribution in [0, 0.1) is 19.3 Å². The summed E-state index contributed by atoms with van der Waals surface area (Å²) in [5.41, 5.74) is 9.96. The molecule has 17 heavy (non-hydrogen) atoms. The Bertz CT molecular complexity index is 394. The SMILES string of the molecule is CNC(c1ccc(C)c(C)c1)C1(CN)COC1. The molecule has 0 aliphatic carbocycles. The molecule has 2 rings (SSSR count). The normalized spacial score (nSPS) is 19.8. The average Bonchev–Trinajstić information content (AvgIpc) is 2.27. The van der Waals surface area contributed by atoms with Gasteiger partial charge in [-0.15, -0.1) is 0 Å². The molecule has 3 nitrogen and oxygen atoms in total. The second kappa shape index (κ2) is 4.77. The van der Waals surface area contributed by atoms with Crippen molar-refractivity contribution in [2.24, 2.45) is 11.1 Å². The van der Waals surface area contributed by atoms with Gasteiger partial charge in [-0.25, -0.2) is 0 Å². The zero-order valence-corrected chi connectivity index (χ0v) is 10.9. The molecule has 1 atom stereocenters. The van der Waals surface area contributed by atoms with Crippen LogP contribution in [0.2, 0.25) is 0 Å². The van der Waals surface area contributed by atoms with Crippen LogP contribution in [0.4, 0.5) is 0 Å². The van der Waals surface area contributed by atoms with Crippen molar-refractivity contribution in [1.82, 2.24) is 5.32 Å². The lowest BCUT2D eigenvalue weighted by atomic mass is 9.75. The maximum atomic E-state index is 5.93. The summed E-state index contributed by atoms with van der Waals surface area (Å²) in [6, 6.07) is 6.91. The second-order valence-corrected chi connectivity index (χ2v) is 5.12. The first-order chi connectivity index (χ1) is 8.13. The van der Waals surface area contributed by atoms with Crippen molar-refractivity contribution < 1.29 is 4.74 Å². The average molecular weight is 234 g/mol. The Hall–Kier alpha value is -0.900. The Balaban J connectivity index is 2.31. The van der Waals surface area contributed by atoms with Gasteiger partial charge in [0.1, 0.15) is 0 Å². The summed E-state index contributed by atoms with van der Waals surface area (Å²) >= 11 is 0. The quantitative estimate of drug-likeness (QED) is 0.830. The molecule has 0 spiro atoms. The summed E-state index contributed by atoms with van der Waals surface area (Å²) in [5.74, 6) is 0. The van der Waals surface area contributed by atoms with Gasteiger partial charge < -0.3 is 15.8 Å². The van der Waals surface area contributed by atoms with E-state index in [1.165, 1.54) is 16.7 Å². The lowest BCUT2D eigenvalue weighted by Crippen LogP contribution is -2.55. The Morgan fingerprint density at radius 2 is 2.06 bits per heavy atom. The number of ether oxygens (including phenoxy) is 1. The third-order valence-corrected chi connectivity index (χ3v) is 3.95. The van der Waals surface area contributed by atoms with E-state index in [-0.39, 0.29) is 11.5 Å². The fraction of sp³-hybridized carbons (Fsp3) is 0.571. The Kier molecular flexibility index (Phi) is 3.52. The maximum Gasteiger partial charge on any atom is 0.0575 e. The minimum Gasteiger partial charge on any atom is -0.380 e. The van der Waals surface area contributed by atoms with Crippen molar-refractivity contribution >= 4 is 0 Å². The number of hydrogen-bond donors (Lipinski definition) is 2. The lowest BCUT2D eigenvalue weighted by Gasteiger charge is -2.46. The third-order valence-electron chi connectivity index (χ3n) is 3.95. The number of rotatable bonds is 4. The number of benzene rings is 1. The molecule has 1 fully saturated rings. The van der Waals surface area contributed by atoms with E-state index in [2.05, 4.69) is 37.4 Å². The topological polar surface area (TPSA) is 47.3 Å². The van der Waals surface area contributed by atoms with Crippen LogP contribution < -0.4 is 11.1 Å². The molecule has 94 valence electrons. The molecule has 3 heteroatoms. The summed E-state index contributed by atoms with van der Waals surface area (Å²) < 4.78 is 5.37. The zero-order valence-electron chi connectivity index (χ0n) is 10.9. The van der Waals surface area contributed by atoms with Crippen LogP contribution in [0.1, 0.15) is 22.7 Å². The van der Waals surface area contributed by atoms with E-state index in [0.717, 1.165) is 13.2 Å². The molecule has 1 heterocycles. The summed E-state index contributed by atoms with van der Waals surface area (Å²) in [5, 5.41) is 3.40. The largest absolute Gasteiger partial charge is 0.380 e. The van der Waals surface area contributed by atoms with Crippen LogP contribution >= 0.6 is 0 Å². The van der Waals surface area contributed by atoms with Gasteiger partial charge in [0.05, 0.1) is 13.2 Å². The van der Waals surface area contributed by atoms with Crippen molar-refractivity contribution in [1.29, 1.82) is 0 Å². The summed E-state index contributed by atoms with van der Waals surface area (Å²) in [7, 11) is 2.00. The summed E-state index contributed by atoms with van der Waals surface area (Å²) in [6.07, 6.45) is 0. The number of nitrogens with one attached hydrogen (secondary N) is 1. The molecule has 1 aromatic carbocycles. The summed E-state index contributed by atoms with van der Waals surface area (Å²) in [4.78, 5) is 0. The molecule has 0 aromatic heterocycles. The Morgan fingerprint density at radius 1 is 1.35 bits per heavy atom. The fourth-order valence-corrected chi connectivity index (χ4v) is 2.54. The highest BCUT2D eigenvalue weighted by atomic mass is 16.5. The van der Waals surface area contributed by atoms with Gasteiger partial charge in [-0.3, -0.25) is 0 Å². The van der Waals surface area contributed by atoms with Crippen LogP contribution in [-0.4, -0.2) is 26.8 Å². The highest BCUT2D eigenvalue weighted by Gasteiger charge is 2.44. The van der Waals surface area contributed by atoms with E-state index in [1.54, 1.807) is 0 Å². The van der Waals surface area contributed by atoms with Crippen LogP contribution in [0.15, 0.2) is 18.2 Å². The number of hydrogen-bond acceptors (Lipinski definition) is 3. The van der Waals surface area contributed by atoms with E-state index in [1.807, 2.05) is 7.05 Å². The first-order valence-corrected chi connectivity index (χ1v) is 6.15. The monoisotopic (exact) mass is 234 g/mol. The van der Waals surface area contributed by atoms with E-state index in [9.17, 15) is 0 Å². The van der Waals surface area contributed by atoms with Crippen LogP contribution in [0.3, 0.4) is 0 Å². The molecule has 1 unspecified atom stereocenters. The molecule has 0 amide bonds. The fourth-order valence-electron chi connectivity index (χ4n) is 2.54. The third kappa shape index (κ3) is 2.10. The van der Waals surface area contributed by atoms with Gasteiger partial charge in [0.15, 0.2) is 0 Å². The van der Waals surface area contributed by atoms with Gasteiger partial charge in [-0.1, -0.05) is 18.2 Å². The van der Waals surface area contributed by atoms with Crippen LogP contribution in [-0.2, 0) is 4.74 Å². The van der Waals surface area contributed by atoms with E-state index in [4.69, 9.17) is 10.5 Å². The molecule has 1 aliphatic rings. The van der Waals surface area contributed by atoms with Crippen LogP contribution in [0.5, 0.6) is 0 Å². The first kappa shape index (κ1) is 12.6. The number of aryl methyl sites for hydroxylation is 2. The van der Waals surface area contributed by atoms with E-state index >= 15 is 0 Å². The van der Waals surface area contributed by atoms with Crippen molar-refractivity contribution in [3.8, 4) is 0 Å². The molecule has 1 aromatic rings. The molecular formula is C14H22N2O. The van der Waals surface area contributed by atoms with E-state index in [0.29, 0.717) is 6.54 Å². The first-order valence-electron chi connectivity index (χ1n) is 6.15. The lowest BCUT2D eigenvalue weighted by molar-refractivity contribution is -0.126. The minimum atomic E-state index is 0.0659. The standard InChI is InChI=1S/C14H22N2O/c1-10-4-5-12(6-11(10)2)13(16-3)14(7-15)8-17-9-14/h4-6,13,16H,7-9,15H2,1-3H3. The molecule has 1 aliphatic heterocycles. The molecular weight excluding hydrogens is 212 g/mol. The van der Waals surface area contributed by atoms with Crippen molar-refractivity contribution in [2.45, 2.75) is 19.9 Å². The smallest absolute Gasteiger partial charge is 0.0575 e. The molecule has 0 saturated carbocycles.